The lowest BCUT2D eigenvalue weighted by Crippen LogP contribution is -2.32. The van der Waals surface area contributed by atoms with Crippen molar-refractivity contribution in [2.75, 3.05) is 29.0 Å². The Balaban J connectivity index is 1.71. The van der Waals surface area contributed by atoms with Crippen LogP contribution in [0.5, 0.6) is 0 Å². The van der Waals surface area contributed by atoms with Crippen LogP contribution in [0.25, 0.3) is 0 Å². The first-order chi connectivity index (χ1) is 15.6. The standard InChI is InChI=1S/C23H29ClN2O5S2/c1-4-31-23(28)21-16-9-5-6-12-19(16)32-22(21)25-20(27)13-8-14-26(33(3,29)30)18-11-7-10-17(24)15(18)2/h7,10-11H,4-6,8-9,12-14H2,1-3H3,(H,25,27). The summed E-state index contributed by atoms with van der Waals surface area (Å²) in [6, 6.07) is 5.10. The summed E-state index contributed by atoms with van der Waals surface area (Å²) in [6.45, 7) is 3.92. The minimum Gasteiger partial charge on any atom is -0.462 e. The molecule has 1 aromatic carbocycles. The first kappa shape index (κ1) is 25.5. The molecule has 0 bridgehead atoms. The van der Waals surface area contributed by atoms with Gasteiger partial charge in [-0.15, -0.1) is 11.3 Å². The van der Waals surface area contributed by atoms with Gasteiger partial charge in [0.25, 0.3) is 0 Å². The molecule has 180 valence electrons. The second-order valence-electron chi connectivity index (χ2n) is 8.01. The molecule has 0 saturated carbocycles. The first-order valence-corrected chi connectivity index (χ1v) is 14.0. The molecule has 1 aromatic heterocycles. The summed E-state index contributed by atoms with van der Waals surface area (Å²) in [6.07, 6.45) is 5.32. The lowest BCUT2D eigenvalue weighted by molar-refractivity contribution is -0.116. The summed E-state index contributed by atoms with van der Waals surface area (Å²) in [5, 5.41) is 3.87. The molecule has 33 heavy (non-hydrogen) atoms. The van der Waals surface area contributed by atoms with Crippen molar-refractivity contribution in [3.63, 3.8) is 0 Å². The van der Waals surface area contributed by atoms with Gasteiger partial charge in [0.1, 0.15) is 5.00 Å². The summed E-state index contributed by atoms with van der Waals surface area (Å²) in [4.78, 5) is 26.4. The molecule has 1 aliphatic carbocycles. The van der Waals surface area contributed by atoms with Crippen LogP contribution in [0.4, 0.5) is 10.7 Å². The molecule has 1 amide bonds. The number of rotatable bonds is 9. The van der Waals surface area contributed by atoms with Gasteiger partial charge in [-0.1, -0.05) is 17.7 Å². The number of anilines is 2. The highest BCUT2D eigenvalue weighted by Gasteiger charge is 2.27. The quantitative estimate of drug-likeness (QED) is 0.480. The number of sulfonamides is 1. The molecule has 10 heteroatoms. The summed E-state index contributed by atoms with van der Waals surface area (Å²) in [7, 11) is -3.56. The van der Waals surface area contributed by atoms with E-state index in [1.165, 1.54) is 15.6 Å². The van der Waals surface area contributed by atoms with E-state index >= 15 is 0 Å². The number of ether oxygens (including phenoxy) is 1. The van der Waals surface area contributed by atoms with Crippen molar-refractivity contribution in [3.8, 4) is 0 Å². The zero-order chi connectivity index (χ0) is 24.2. The van der Waals surface area contributed by atoms with E-state index in [1.54, 1.807) is 32.0 Å². The van der Waals surface area contributed by atoms with Crippen LogP contribution in [0.1, 0.15) is 59.0 Å². The van der Waals surface area contributed by atoms with Crippen LogP contribution in [0.15, 0.2) is 18.2 Å². The Kier molecular flexibility index (Phi) is 8.42. The monoisotopic (exact) mass is 512 g/mol. The largest absolute Gasteiger partial charge is 0.462 e. The van der Waals surface area contributed by atoms with E-state index < -0.39 is 16.0 Å². The Bertz CT molecular complexity index is 1140. The first-order valence-electron chi connectivity index (χ1n) is 11.0. The van der Waals surface area contributed by atoms with Gasteiger partial charge in [-0.3, -0.25) is 9.10 Å². The Morgan fingerprint density at radius 2 is 1.97 bits per heavy atom. The second kappa shape index (κ2) is 10.9. The molecular formula is C23H29ClN2O5S2. The molecular weight excluding hydrogens is 484 g/mol. The average Bonchev–Trinajstić information content (AvgIpc) is 3.10. The SMILES string of the molecule is CCOC(=O)c1c(NC(=O)CCCN(c2cccc(Cl)c2C)S(C)(=O)=O)sc2c1CCCC2. The van der Waals surface area contributed by atoms with Crippen LogP contribution in [-0.4, -0.2) is 39.7 Å². The van der Waals surface area contributed by atoms with Crippen LogP contribution in [0.2, 0.25) is 5.02 Å². The Hall–Kier alpha value is -2.10. The maximum atomic E-state index is 12.7. The second-order valence-corrected chi connectivity index (χ2v) is 11.4. The number of hydrogen-bond donors (Lipinski definition) is 1. The van der Waals surface area contributed by atoms with E-state index in [1.807, 2.05) is 0 Å². The predicted molar refractivity (Wildman–Crippen MR) is 133 cm³/mol. The zero-order valence-electron chi connectivity index (χ0n) is 19.1. The van der Waals surface area contributed by atoms with Gasteiger partial charge < -0.3 is 10.1 Å². The fraction of sp³-hybridized carbons (Fsp3) is 0.478. The van der Waals surface area contributed by atoms with Gasteiger partial charge in [0.2, 0.25) is 15.9 Å². The summed E-state index contributed by atoms with van der Waals surface area (Å²) in [5.41, 5.74) is 2.62. The van der Waals surface area contributed by atoms with Crippen LogP contribution >= 0.6 is 22.9 Å². The van der Waals surface area contributed by atoms with Crippen molar-refractivity contribution in [3.05, 3.63) is 44.8 Å². The highest BCUT2D eigenvalue weighted by molar-refractivity contribution is 7.92. The molecule has 1 N–H and O–H groups in total. The van der Waals surface area contributed by atoms with Crippen molar-refractivity contribution in [1.29, 1.82) is 0 Å². The van der Waals surface area contributed by atoms with Gasteiger partial charge in [0.05, 0.1) is 24.1 Å². The third-order valence-corrected chi connectivity index (χ3v) is 8.37. The van der Waals surface area contributed by atoms with Crippen molar-refractivity contribution in [1.82, 2.24) is 0 Å². The summed E-state index contributed by atoms with van der Waals surface area (Å²) >= 11 is 7.60. The number of aryl methyl sites for hydroxylation is 1. The van der Waals surface area contributed by atoms with Crippen molar-refractivity contribution in [2.45, 2.75) is 52.4 Å². The number of esters is 1. The van der Waals surface area contributed by atoms with Gasteiger partial charge in [0.15, 0.2) is 0 Å². The number of fused-ring (bicyclic) bond motifs is 1. The number of nitrogens with one attached hydrogen (secondary N) is 1. The van der Waals surface area contributed by atoms with Gasteiger partial charge in [-0.25, -0.2) is 13.2 Å². The van der Waals surface area contributed by atoms with Gasteiger partial charge in [0, 0.05) is 22.9 Å². The molecule has 0 saturated heterocycles. The maximum Gasteiger partial charge on any atom is 0.341 e. The number of carbonyl (C=O) groups excluding carboxylic acids is 2. The fourth-order valence-corrected chi connectivity index (χ4v) is 6.46. The van der Waals surface area contributed by atoms with E-state index in [0.29, 0.717) is 33.3 Å². The van der Waals surface area contributed by atoms with E-state index in [4.69, 9.17) is 16.3 Å². The van der Waals surface area contributed by atoms with E-state index in [9.17, 15) is 18.0 Å². The van der Waals surface area contributed by atoms with Crippen molar-refractivity contribution >= 4 is 55.5 Å². The number of carbonyl (C=O) groups is 2. The molecule has 0 aliphatic heterocycles. The van der Waals surface area contributed by atoms with E-state index in [0.717, 1.165) is 42.4 Å². The topological polar surface area (TPSA) is 92.8 Å². The molecule has 0 unspecified atom stereocenters. The maximum absolute atomic E-state index is 12.7. The van der Waals surface area contributed by atoms with Gasteiger partial charge in [-0.2, -0.15) is 0 Å². The lowest BCUT2D eigenvalue weighted by atomic mass is 9.95. The number of benzene rings is 1. The number of halogens is 1. The summed E-state index contributed by atoms with van der Waals surface area (Å²) < 4.78 is 31.3. The highest BCUT2D eigenvalue weighted by Crippen LogP contribution is 2.38. The van der Waals surface area contributed by atoms with Gasteiger partial charge in [-0.05, 0) is 69.2 Å². The molecule has 0 fully saturated rings. The summed E-state index contributed by atoms with van der Waals surface area (Å²) in [5.74, 6) is -0.678. The van der Waals surface area contributed by atoms with Gasteiger partial charge >= 0.3 is 5.97 Å². The smallest absolute Gasteiger partial charge is 0.341 e. The van der Waals surface area contributed by atoms with E-state index in [2.05, 4.69) is 5.32 Å². The highest BCUT2D eigenvalue weighted by atomic mass is 35.5. The minimum atomic E-state index is -3.56. The van der Waals surface area contributed by atoms with Crippen molar-refractivity contribution < 1.29 is 22.7 Å². The van der Waals surface area contributed by atoms with Crippen molar-refractivity contribution in [2.24, 2.45) is 0 Å². The zero-order valence-corrected chi connectivity index (χ0v) is 21.5. The minimum absolute atomic E-state index is 0.108. The van der Waals surface area contributed by atoms with Crippen LogP contribution < -0.4 is 9.62 Å². The van der Waals surface area contributed by atoms with Crippen LogP contribution in [-0.2, 0) is 32.4 Å². The predicted octanol–water partition coefficient (Wildman–Crippen LogP) is 4.95. The fourth-order valence-electron chi connectivity index (χ4n) is 3.98. The number of hydrogen-bond acceptors (Lipinski definition) is 6. The Morgan fingerprint density at radius 1 is 1.24 bits per heavy atom. The molecule has 1 aliphatic rings. The molecule has 1 heterocycles. The van der Waals surface area contributed by atoms with E-state index in [-0.39, 0.29) is 25.5 Å². The number of nitrogens with zero attached hydrogens (tertiary/aromatic N) is 1. The molecule has 3 rings (SSSR count). The molecule has 0 spiro atoms. The molecule has 0 radical (unpaired) electrons. The lowest BCUT2D eigenvalue weighted by Gasteiger charge is -2.24. The molecule has 2 aromatic rings. The van der Waals surface area contributed by atoms with Crippen LogP contribution in [0.3, 0.4) is 0 Å². The normalized spacial score (nSPS) is 13.3. The van der Waals surface area contributed by atoms with Crippen LogP contribution in [0, 0.1) is 6.92 Å². The Labute approximate surface area is 204 Å². The third kappa shape index (κ3) is 6.07. The average molecular weight is 513 g/mol. The molecule has 0 atom stereocenters. The number of thiophene rings is 1. The molecule has 7 nitrogen and oxygen atoms in total. The third-order valence-electron chi connectivity index (χ3n) is 5.58. The number of amides is 1. The Morgan fingerprint density at radius 3 is 2.67 bits per heavy atom.